The van der Waals surface area contributed by atoms with Crippen LogP contribution in [0.15, 0.2) is 29.2 Å². The van der Waals surface area contributed by atoms with Crippen molar-refractivity contribution in [1.29, 1.82) is 0 Å². The fourth-order valence-electron chi connectivity index (χ4n) is 2.61. The average Bonchev–Trinajstić information content (AvgIpc) is 2.52. The summed E-state index contributed by atoms with van der Waals surface area (Å²) in [5.41, 5.74) is 0.448. The molecule has 1 aromatic carbocycles. The van der Waals surface area contributed by atoms with Crippen LogP contribution < -0.4 is 0 Å². The minimum atomic E-state index is -1.13. The molecule has 0 spiro atoms. The highest BCUT2D eigenvalue weighted by Crippen LogP contribution is 2.24. The van der Waals surface area contributed by atoms with Gasteiger partial charge in [0.15, 0.2) is 0 Å². The maximum atomic E-state index is 12.2. The van der Waals surface area contributed by atoms with Crippen molar-refractivity contribution in [3.05, 3.63) is 29.8 Å². The van der Waals surface area contributed by atoms with E-state index in [0.29, 0.717) is 28.7 Å². The fourth-order valence-corrected chi connectivity index (χ4v) is 3.55. The summed E-state index contributed by atoms with van der Waals surface area (Å²) in [6, 6.07) is 7.04. The van der Waals surface area contributed by atoms with Crippen LogP contribution in [0, 0.1) is 5.92 Å². The van der Waals surface area contributed by atoms with Crippen molar-refractivity contribution in [2.24, 2.45) is 5.92 Å². The van der Waals surface area contributed by atoms with Crippen LogP contribution in [0.3, 0.4) is 0 Å². The van der Waals surface area contributed by atoms with Crippen molar-refractivity contribution in [2.45, 2.75) is 43.9 Å². The van der Waals surface area contributed by atoms with Crippen molar-refractivity contribution < 1.29 is 13.7 Å². The smallest absolute Gasteiger partial charge is 0.339 e. The largest absolute Gasteiger partial charge is 0.462 e. The Morgan fingerprint density at radius 2 is 1.95 bits per heavy atom. The quantitative estimate of drug-likeness (QED) is 0.780. The van der Waals surface area contributed by atoms with Gasteiger partial charge in [-0.15, -0.1) is 0 Å². The number of hydrogen-bond donors (Lipinski definition) is 0. The highest BCUT2D eigenvalue weighted by atomic mass is 32.2. The molecule has 0 aromatic heterocycles. The van der Waals surface area contributed by atoms with Crippen LogP contribution in [-0.2, 0) is 15.5 Å². The molecule has 0 amide bonds. The van der Waals surface area contributed by atoms with E-state index in [1.807, 2.05) is 6.92 Å². The van der Waals surface area contributed by atoms with E-state index >= 15 is 0 Å². The lowest BCUT2D eigenvalue weighted by Gasteiger charge is -2.21. The van der Waals surface area contributed by atoms with Gasteiger partial charge < -0.3 is 4.74 Å². The molecule has 20 heavy (non-hydrogen) atoms. The van der Waals surface area contributed by atoms with Crippen LogP contribution in [0.2, 0.25) is 0 Å². The summed E-state index contributed by atoms with van der Waals surface area (Å²) in [6.07, 6.45) is 6.06. The van der Waals surface area contributed by atoms with E-state index in [1.54, 1.807) is 24.3 Å². The van der Waals surface area contributed by atoms with Crippen LogP contribution in [-0.4, -0.2) is 22.5 Å². The molecule has 0 saturated heterocycles. The first-order valence-electron chi connectivity index (χ1n) is 7.37. The van der Waals surface area contributed by atoms with E-state index < -0.39 is 10.8 Å². The highest BCUT2D eigenvalue weighted by molar-refractivity contribution is 7.85. The molecule has 0 N–H and O–H groups in total. The predicted octanol–water partition coefficient (Wildman–Crippen LogP) is 3.55. The van der Waals surface area contributed by atoms with E-state index in [2.05, 4.69) is 0 Å². The molecule has 1 atom stereocenters. The molecule has 1 aliphatic carbocycles. The molecule has 2 rings (SSSR count). The topological polar surface area (TPSA) is 43.4 Å². The van der Waals surface area contributed by atoms with Gasteiger partial charge in [0.1, 0.15) is 0 Å². The maximum Gasteiger partial charge on any atom is 0.339 e. The summed E-state index contributed by atoms with van der Waals surface area (Å²) in [7, 11) is -1.13. The van der Waals surface area contributed by atoms with Crippen LogP contribution in [0.4, 0.5) is 0 Å². The number of esters is 1. The van der Waals surface area contributed by atoms with Gasteiger partial charge in [0.05, 0.1) is 27.9 Å². The zero-order valence-electron chi connectivity index (χ0n) is 12.0. The molecular formula is C16H22O3S. The van der Waals surface area contributed by atoms with E-state index in [0.717, 1.165) is 12.8 Å². The molecule has 0 radical (unpaired) electrons. The van der Waals surface area contributed by atoms with Crippen molar-refractivity contribution >= 4 is 16.8 Å². The Morgan fingerprint density at radius 1 is 1.25 bits per heavy atom. The first kappa shape index (κ1) is 15.2. The Morgan fingerprint density at radius 3 is 2.65 bits per heavy atom. The molecule has 1 fully saturated rings. The van der Waals surface area contributed by atoms with Gasteiger partial charge in [-0.05, 0) is 30.9 Å². The summed E-state index contributed by atoms with van der Waals surface area (Å²) >= 11 is 0. The van der Waals surface area contributed by atoms with E-state index in [1.165, 1.54) is 19.3 Å². The standard InChI is InChI=1S/C16H22O3S/c1-2-20(18)15-11-7-6-10-14(15)16(17)19-12-13-8-4-3-5-9-13/h6-7,10-11,13H,2-5,8-9,12H2,1H3/t20-/m1/s1. The molecule has 1 aliphatic rings. The summed E-state index contributed by atoms with van der Waals surface area (Å²) in [6.45, 7) is 2.34. The van der Waals surface area contributed by atoms with Gasteiger partial charge in [0, 0.05) is 5.75 Å². The number of hydrogen-bond acceptors (Lipinski definition) is 3. The second kappa shape index (κ2) is 7.58. The minimum absolute atomic E-state index is 0.340. The van der Waals surface area contributed by atoms with Gasteiger partial charge in [0.25, 0.3) is 0 Å². The first-order valence-corrected chi connectivity index (χ1v) is 8.68. The summed E-state index contributed by atoms with van der Waals surface area (Å²) in [5.74, 6) is 0.664. The minimum Gasteiger partial charge on any atom is -0.462 e. The Hall–Kier alpha value is -1.16. The normalized spacial score (nSPS) is 17.6. The van der Waals surface area contributed by atoms with Crippen LogP contribution in [0.1, 0.15) is 49.4 Å². The second-order valence-corrected chi connectivity index (χ2v) is 6.94. The SMILES string of the molecule is CC[S@@](=O)c1ccccc1C(=O)OCC1CCCCC1. The lowest BCUT2D eigenvalue weighted by Crippen LogP contribution is -2.18. The van der Waals surface area contributed by atoms with Gasteiger partial charge in [-0.1, -0.05) is 38.3 Å². The Balaban J connectivity index is 1.99. The lowest BCUT2D eigenvalue weighted by molar-refractivity contribution is 0.0406. The molecule has 0 unspecified atom stereocenters. The van der Waals surface area contributed by atoms with Crippen LogP contribution >= 0.6 is 0 Å². The van der Waals surface area contributed by atoms with Gasteiger partial charge in [-0.2, -0.15) is 0 Å². The molecule has 0 aliphatic heterocycles. The second-order valence-electron chi connectivity index (χ2n) is 5.23. The molecule has 0 bridgehead atoms. The van der Waals surface area contributed by atoms with E-state index in [-0.39, 0.29) is 5.97 Å². The molecule has 1 saturated carbocycles. The number of carbonyl (C=O) groups is 1. The summed E-state index contributed by atoms with van der Waals surface area (Å²) < 4.78 is 17.4. The number of benzene rings is 1. The molecule has 1 aromatic rings. The van der Waals surface area contributed by atoms with Crippen LogP contribution in [0.5, 0.6) is 0 Å². The maximum absolute atomic E-state index is 12.2. The van der Waals surface area contributed by atoms with E-state index in [9.17, 15) is 9.00 Å². The van der Waals surface area contributed by atoms with Crippen molar-refractivity contribution in [1.82, 2.24) is 0 Å². The predicted molar refractivity (Wildman–Crippen MR) is 80.2 cm³/mol. The Labute approximate surface area is 123 Å². The third kappa shape index (κ3) is 3.92. The number of ether oxygens (including phenoxy) is 1. The average molecular weight is 294 g/mol. The highest BCUT2D eigenvalue weighted by Gasteiger charge is 2.19. The Bertz CT molecular complexity index is 478. The third-order valence-electron chi connectivity index (χ3n) is 3.79. The van der Waals surface area contributed by atoms with Gasteiger partial charge in [0.2, 0.25) is 0 Å². The number of rotatable bonds is 5. The molecule has 3 nitrogen and oxygen atoms in total. The monoisotopic (exact) mass is 294 g/mol. The van der Waals surface area contributed by atoms with Crippen molar-refractivity contribution in [2.75, 3.05) is 12.4 Å². The molecule has 0 heterocycles. The first-order chi connectivity index (χ1) is 9.72. The van der Waals surface area contributed by atoms with Crippen molar-refractivity contribution in [3.8, 4) is 0 Å². The zero-order chi connectivity index (χ0) is 14.4. The van der Waals surface area contributed by atoms with E-state index in [4.69, 9.17) is 4.74 Å². The van der Waals surface area contributed by atoms with Crippen molar-refractivity contribution in [3.63, 3.8) is 0 Å². The zero-order valence-corrected chi connectivity index (χ0v) is 12.8. The van der Waals surface area contributed by atoms with Crippen LogP contribution in [0.25, 0.3) is 0 Å². The van der Waals surface area contributed by atoms with Gasteiger partial charge in [-0.3, -0.25) is 4.21 Å². The summed E-state index contributed by atoms with van der Waals surface area (Å²) in [4.78, 5) is 12.8. The fraction of sp³-hybridized carbons (Fsp3) is 0.562. The lowest BCUT2D eigenvalue weighted by atomic mass is 9.90. The summed E-state index contributed by atoms with van der Waals surface area (Å²) in [5, 5.41) is 0. The Kier molecular flexibility index (Phi) is 5.77. The molecular weight excluding hydrogens is 272 g/mol. The number of carbonyl (C=O) groups excluding carboxylic acids is 1. The van der Waals surface area contributed by atoms with Gasteiger partial charge >= 0.3 is 5.97 Å². The van der Waals surface area contributed by atoms with Gasteiger partial charge in [-0.25, -0.2) is 4.79 Å². The molecule has 110 valence electrons. The molecule has 4 heteroatoms. The third-order valence-corrected chi connectivity index (χ3v) is 5.16.